The van der Waals surface area contributed by atoms with Crippen LogP contribution < -0.4 is 0 Å². The van der Waals surface area contributed by atoms with Gasteiger partial charge in [-0.3, -0.25) is 0 Å². The Morgan fingerprint density at radius 2 is 2.44 bits per heavy atom. The molecule has 0 spiro atoms. The molecule has 16 heavy (non-hydrogen) atoms. The van der Waals surface area contributed by atoms with Gasteiger partial charge in [0.25, 0.3) is 0 Å². The van der Waals surface area contributed by atoms with Crippen molar-refractivity contribution in [1.82, 2.24) is 0 Å². The van der Waals surface area contributed by atoms with E-state index in [1.54, 1.807) is 6.08 Å². The fraction of sp³-hybridized carbons (Fsp3) is 0.273. The lowest BCUT2D eigenvalue weighted by molar-refractivity contribution is -0.105. The number of hydrogen-bond donors (Lipinski definition) is 0. The fourth-order valence-corrected chi connectivity index (χ4v) is 2.24. The Balaban J connectivity index is 2.14. The highest BCUT2D eigenvalue weighted by molar-refractivity contribution is 7.84. The lowest BCUT2D eigenvalue weighted by Gasteiger charge is -1.98. The monoisotopic (exact) mass is 255 g/mol. The highest BCUT2D eigenvalue weighted by atomic mass is 35.5. The van der Waals surface area contributed by atoms with Crippen molar-refractivity contribution < 1.29 is 9.00 Å². The van der Waals surface area contributed by atoms with Gasteiger partial charge in [-0.05, 0) is 18.1 Å². The molecule has 0 aromatic rings. The van der Waals surface area contributed by atoms with E-state index >= 15 is 0 Å². The van der Waals surface area contributed by atoms with E-state index in [-0.39, 0.29) is 5.75 Å². The van der Waals surface area contributed by atoms with Gasteiger partial charge >= 0.3 is 0 Å². The van der Waals surface area contributed by atoms with E-state index in [0.29, 0.717) is 17.2 Å². The van der Waals surface area contributed by atoms with E-state index in [1.165, 1.54) is 11.8 Å². The molecule has 2 unspecified atom stereocenters. The zero-order valence-corrected chi connectivity index (χ0v) is 10.0. The minimum absolute atomic E-state index is 0.0649. The molecule has 0 N–H and O–H groups in total. The predicted octanol–water partition coefficient (Wildman–Crippen LogP) is 1.93. The summed E-state index contributed by atoms with van der Waals surface area (Å²) in [6.07, 6.45) is 8.85. The quantitative estimate of drug-likeness (QED) is 0.569. The van der Waals surface area contributed by atoms with Crippen LogP contribution >= 0.6 is 11.6 Å². The standard InChI is InChI=1S/C11H10ClNO2S/c12-11-3-1-2-8-6-9(8)10(11)7-13-16(15)5-4-14/h1-4,7,9H,5-6H2. The molecule has 0 amide bonds. The summed E-state index contributed by atoms with van der Waals surface area (Å²) >= 11 is 6.07. The van der Waals surface area contributed by atoms with E-state index in [9.17, 15) is 9.00 Å². The summed E-state index contributed by atoms with van der Waals surface area (Å²) in [6, 6.07) is 0. The van der Waals surface area contributed by atoms with Crippen LogP contribution in [0.4, 0.5) is 0 Å². The zero-order valence-electron chi connectivity index (χ0n) is 8.43. The molecule has 3 nitrogen and oxygen atoms in total. The van der Waals surface area contributed by atoms with Gasteiger partial charge in [-0.15, -0.1) is 0 Å². The Bertz CT molecular complexity index is 463. The van der Waals surface area contributed by atoms with Crippen LogP contribution in [0.1, 0.15) is 6.42 Å². The van der Waals surface area contributed by atoms with Gasteiger partial charge in [-0.25, -0.2) is 4.21 Å². The van der Waals surface area contributed by atoms with E-state index in [2.05, 4.69) is 4.40 Å². The molecule has 2 aliphatic carbocycles. The first-order chi connectivity index (χ1) is 7.72. The highest BCUT2D eigenvalue weighted by Crippen LogP contribution is 2.46. The second kappa shape index (κ2) is 4.89. The van der Waals surface area contributed by atoms with Crippen molar-refractivity contribution in [2.75, 3.05) is 5.75 Å². The Kier molecular flexibility index (Phi) is 3.51. The smallest absolute Gasteiger partial charge is 0.146 e. The van der Waals surface area contributed by atoms with Crippen molar-refractivity contribution in [2.45, 2.75) is 6.42 Å². The van der Waals surface area contributed by atoms with Crippen molar-refractivity contribution in [1.29, 1.82) is 0 Å². The number of nitrogens with zero attached hydrogens (tertiary/aromatic N) is 1. The number of rotatable bonds is 4. The number of halogens is 1. The lowest BCUT2D eigenvalue weighted by atomic mass is 10.1. The van der Waals surface area contributed by atoms with Crippen molar-refractivity contribution >= 4 is 35.1 Å². The molecular weight excluding hydrogens is 246 g/mol. The van der Waals surface area contributed by atoms with Gasteiger partial charge in [0.15, 0.2) is 0 Å². The zero-order chi connectivity index (χ0) is 11.5. The molecule has 5 heteroatoms. The summed E-state index contributed by atoms with van der Waals surface area (Å²) in [5.74, 6) is 0.254. The number of hydrogen-bond acceptors (Lipinski definition) is 2. The van der Waals surface area contributed by atoms with Crippen LogP contribution in [-0.2, 0) is 15.8 Å². The van der Waals surface area contributed by atoms with Crippen LogP contribution in [0.3, 0.4) is 0 Å². The first kappa shape index (κ1) is 11.5. The topological polar surface area (TPSA) is 46.5 Å². The summed E-state index contributed by atoms with van der Waals surface area (Å²) in [6.45, 7) is 0. The molecule has 2 atom stereocenters. The Morgan fingerprint density at radius 3 is 3.19 bits per heavy atom. The SMILES string of the molecule is O=CCS(=O)N=CC1=C(Cl)C=CC=C2CC21. The average molecular weight is 256 g/mol. The normalized spacial score (nSPS) is 25.1. The second-order valence-corrected chi connectivity index (χ2v) is 5.14. The molecule has 1 fully saturated rings. The van der Waals surface area contributed by atoms with E-state index in [4.69, 9.17) is 11.6 Å². The molecule has 0 aliphatic heterocycles. The predicted molar refractivity (Wildman–Crippen MR) is 65.8 cm³/mol. The summed E-state index contributed by atoms with van der Waals surface area (Å²) < 4.78 is 15.0. The molecular formula is C11H10ClNO2S. The summed E-state index contributed by atoms with van der Waals surface area (Å²) in [5.41, 5.74) is 2.20. The summed E-state index contributed by atoms with van der Waals surface area (Å²) in [4.78, 5) is 10.1. The molecule has 84 valence electrons. The second-order valence-electron chi connectivity index (χ2n) is 3.55. The average Bonchev–Trinajstić information content (AvgIpc) is 2.97. The Hall–Kier alpha value is -1.00. The van der Waals surface area contributed by atoms with E-state index < -0.39 is 11.0 Å². The molecule has 0 heterocycles. The van der Waals surface area contributed by atoms with Crippen LogP contribution in [0.2, 0.25) is 0 Å². The van der Waals surface area contributed by atoms with Crippen LogP contribution in [0.15, 0.2) is 38.8 Å². The largest absolute Gasteiger partial charge is 0.302 e. The molecule has 0 aromatic carbocycles. The first-order valence-corrected chi connectivity index (χ1v) is 6.50. The van der Waals surface area contributed by atoms with Gasteiger partial charge in [0.1, 0.15) is 23.0 Å². The van der Waals surface area contributed by atoms with Gasteiger partial charge in [-0.2, -0.15) is 4.40 Å². The third-order valence-electron chi connectivity index (χ3n) is 2.45. The maximum atomic E-state index is 11.2. The van der Waals surface area contributed by atoms with Gasteiger partial charge in [0, 0.05) is 17.2 Å². The maximum Gasteiger partial charge on any atom is 0.146 e. The maximum absolute atomic E-state index is 11.2. The van der Waals surface area contributed by atoms with E-state index in [0.717, 1.165) is 12.0 Å². The van der Waals surface area contributed by atoms with Crippen molar-refractivity contribution in [2.24, 2.45) is 10.3 Å². The number of carbonyl (C=O) groups is 1. The van der Waals surface area contributed by atoms with Crippen molar-refractivity contribution in [3.05, 3.63) is 34.4 Å². The van der Waals surface area contributed by atoms with Crippen LogP contribution in [-0.4, -0.2) is 22.5 Å². The van der Waals surface area contributed by atoms with Crippen molar-refractivity contribution in [3.8, 4) is 0 Å². The molecule has 0 aromatic heterocycles. The molecule has 1 saturated carbocycles. The summed E-state index contributed by atoms with van der Waals surface area (Å²) in [7, 11) is -1.47. The number of aldehydes is 1. The lowest BCUT2D eigenvalue weighted by Crippen LogP contribution is -1.97. The van der Waals surface area contributed by atoms with Crippen LogP contribution in [0, 0.1) is 5.92 Å². The number of carbonyl (C=O) groups excluding carboxylic acids is 1. The first-order valence-electron chi connectivity index (χ1n) is 4.85. The fourth-order valence-electron chi connectivity index (χ4n) is 1.56. The van der Waals surface area contributed by atoms with E-state index in [1.807, 2.05) is 12.2 Å². The molecule has 2 aliphatic rings. The number of allylic oxidation sites excluding steroid dienone is 6. The van der Waals surface area contributed by atoms with Gasteiger partial charge in [-0.1, -0.05) is 29.3 Å². The highest BCUT2D eigenvalue weighted by Gasteiger charge is 2.34. The molecule has 2 rings (SSSR count). The minimum Gasteiger partial charge on any atom is -0.302 e. The molecule has 0 saturated heterocycles. The summed E-state index contributed by atoms with van der Waals surface area (Å²) in [5, 5.41) is 0.626. The minimum atomic E-state index is -1.47. The van der Waals surface area contributed by atoms with Gasteiger partial charge in [0.05, 0.1) is 0 Å². The molecule has 0 radical (unpaired) electrons. The van der Waals surface area contributed by atoms with Crippen molar-refractivity contribution in [3.63, 3.8) is 0 Å². The third-order valence-corrected chi connectivity index (χ3v) is 3.56. The Morgan fingerprint density at radius 1 is 1.62 bits per heavy atom. The van der Waals surface area contributed by atoms with Gasteiger partial charge < -0.3 is 4.79 Å². The van der Waals surface area contributed by atoms with Crippen LogP contribution in [0.5, 0.6) is 0 Å². The van der Waals surface area contributed by atoms with Crippen LogP contribution in [0.25, 0.3) is 0 Å². The Labute approximate surface area is 101 Å². The molecule has 0 bridgehead atoms. The third kappa shape index (κ3) is 2.57. The van der Waals surface area contributed by atoms with Gasteiger partial charge in [0.2, 0.25) is 0 Å². The number of fused-ring (bicyclic) bond motifs is 1.